The minimum Gasteiger partial charge on any atom is -0.388 e. The van der Waals surface area contributed by atoms with Gasteiger partial charge in [0.05, 0.1) is 5.60 Å². The number of nitrogens with one attached hydrogen (secondary N) is 2. The largest absolute Gasteiger partial charge is 0.388 e. The maximum atomic E-state index is 12.1. The monoisotopic (exact) mass is 347 g/mol. The third kappa shape index (κ3) is 6.24. The first kappa shape index (κ1) is 19.6. The molecule has 5 nitrogen and oxygen atoms in total. The first-order valence-electron chi connectivity index (χ1n) is 9.40. The maximum absolute atomic E-state index is 12.1. The second kappa shape index (κ2) is 8.56. The molecule has 0 radical (unpaired) electrons. The molecule has 25 heavy (non-hydrogen) atoms. The van der Waals surface area contributed by atoms with E-state index in [9.17, 15) is 9.90 Å². The molecule has 1 unspecified atom stereocenters. The van der Waals surface area contributed by atoms with Gasteiger partial charge in [0.2, 0.25) is 0 Å². The highest BCUT2D eigenvalue weighted by molar-refractivity contribution is 5.90. The van der Waals surface area contributed by atoms with Gasteiger partial charge in [0.1, 0.15) is 0 Å². The lowest BCUT2D eigenvalue weighted by atomic mass is 9.95. The standard InChI is InChI=1S/C20H33N3O2/c1-15(2)9-10-20(4,25)14-21-19(24)22-18-8-7-17(13-16(18)3)23-11-5-6-12-23/h7-8,13,15,25H,5-6,9-12,14H2,1-4H3,(H2,21,22,24). The van der Waals surface area contributed by atoms with Crippen molar-refractivity contribution in [3.63, 3.8) is 0 Å². The third-order valence-corrected chi connectivity index (χ3v) is 4.82. The zero-order chi connectivity index (χ0) is 18.4. The van der Waals surface area contributed by atoms with Crippen molar-refractivity contribution < 1.29 is 9.90 Å². The molecule has 0 saturated carbocycles. The Hall–Kier alpha value is -1.75. The average molecular weight is 348 g/mol. The normalized spacial score (nSPS) is 16.8. The van der Waals surface area contributed by atoms with E-state index in [4.69, 9.17) is 0 Å². The van der Waals surface area contributed by atoms with Gasteiger partial charge in [-0.3, -0.25) is 0 Å². The van der Waals surface area contributed by atoms with Crippen molar-refractivity contribution in [1.82, 2.24) is 5.32 Å². The Morgan fingerprint density at radius 1 is 1.32 bits per heavy atom. The van der Waals surface area contributed by atoms with Crippen molar-refractivity contribution in [1.29, 1.82) is 0 Å². The van der Waals surface area contributed by atoms with Crippen LogP contribution in [-0.4, -0.2) is 36.4 Å². The van der Waals surface area contributed by atoms with Crippen molar-refractivity contribution in [2.75, 3.05) is 29.9 Å². The molecule has 0 aliphatic carbocycles. The Bertz CT molecular complexity index is 578. The Morgan fingerprint density at radius 3 is 2.60 bits per heavy atom. The fourth-order valence-electron chi connectivity index (χ4n) is 3.09. The summed E-state index contributed by atoms with van der Waals surface area (Å²) < 4.78 is 0. The summed E-state index contributed by atoms with van der Waals surface area (Å²) in [5.74, 6) is 0.539. The van der Waals surface area contributed by atoms with E-state index in [0.717, 1.165) is 30.8 Å². The molecular formula is C20H33N3O2. The number of carbonyl (C=O) groups excluding carboxylic acids is 1. The lowest BCUT2D eigenvalue weighted by Gasteiger charge is -2.25. The van der Waals surface area contributed by atoms with Crippen LogP contribution >= 0.6 is 0 Å². The molecule has 1 aromatic carbocycles. The summed E-state index contributed by atoms with van der Waals surface area (Å²) >= 11 is 0. The quantitative estimate of drug-likeness (QED) is 0.701. The third-order valence-electron chi connectivity index (χ3n) is 4.82. The van der Waals surface area contributed by atoms with Crippen molar-refractivity contribution >= 4 is 17.4 Å². The zero-order valence-electron chi connectivity index (χ0n) is 16.1. The lowest BCUT2D eigenvalue weighted by molar-refractivity contribution is 0.0481. The molecule has 1 aliphatic heterocycles. The van der Waals surface area contributed by atoms with E-state index in [1.165, 1.54) is 18.5 Å². The molecule has 1 aliphatic rings. The molecule has 0 bridgehead atoms. The minimum atomic E-state index is -0.879. The van der Waals surface area contributed by atoms with Gasteiger partial charge < -0.3 is 20.6 Å². The molecule has 1 saturated heterocycles. The highest BCUT2D eigenvalue weighted by Crippen LogP contribution is 2.25. The molecule has 2 amide bonds. The number of carbonyl (C=O) groups is 1. The van der Waals surface area contributed by atoms with Crippen LogP contribution in [0.15, 0.2) is 18.2 Å². The number of nitrogens with zero attached hydrogens (tertiary/aromatic N) is 1. The van der Waals surface area contributed by atoms with Gasteiger partial charge in [0.15, 0.2) is 0 Å². The summed E-state index contributed by atoms with van der Waals surface area (Å²) in [7, 11) is 0. The lowest BCUT2D eigenvalue weighted by Crippen LogP contribution is -2.42. The van der Waals surface area contributed by atoms with Crippen molar-refractivity contribution in [2.45, 2.75) is 59.0 Å². The molecule has 140 valence electrons. The van der Waals surface area contributed by atoms with Crippen LogP contribution < -0.4 is 15.5 Å². The zero-order valence-corrected chi connectivity index (χ0v) is 16.1. The number of rotatable bonds is 7. The van der Waals surface area contributed by atoms with E-state index in [2.05, 4.69) is 41.5 Å². The van der Waals surface area contributed by atoms with Crippen LogP contribution in [0.25, 0.3) is 0 Å². The van der Waals surface area contributed by atoms with Gasteiger partial charge in [-0.1, -0.05) is 13.8 Å². The smallest absolute Gasteiger partial charge is 0.319 e. The van der Waals surface area contributed by atoms with Crippen LogP contribution in [0.3, 0.4) is 0 Å². The van der Waals surface area contributed by atoms with Crippen molar-refractivity contribution in [2.24, 2.45) is 5.92 Å². The number of benzene rings is 1. The summed E-state index contributed by atoms with van der Waals surface area (Å²) in [4.78, 5) is 14.5. The van der Waals surface area contributed by atoms with E-state index in [1.807, 2.05) is 13.0 Å². The molecule has 1 atom stereocenters. The number of hydrogen-bond donors (Lipinski definition) is 3. The highest BCUT2D eigenvalue weighted by Gasteiger charge is 2.21. The number of hydrogen-bond acceptors (Lipinski definition) is 3. The second-order valence-corrected chi connectivity index (χ2v) is 7.93. The Kier molecular flexibility index (Phi) is 6.71. The van der Waals surface area contributed by atoms with Crippen molar-refractivity contribution in [3.8, 4) is 0 Å². The molecular weight excluding hydrogens is 314 g/mol. The van der Waals surface area contributed by atoms with Gasteiger partial charge >= 0.3 is 6.03 Å². The van der Waals surface area contributed by atoms with E-state index in [-0.39, 0.29) is 12.6 Å². The van der Waals surface area contributed by atoms with E-state index in [0.29, 0.717) is 12.3 Å². The Balaban J connectivity index is 1.85. The average Bonchev–Trinajstić information content (AvgIpc) is 3.08. The summed E-state index contributed by atoms with van der Waals surface area (Å²) in [6, 6.07) is 5.87. The van der Waals surface area contributed by atoms with Gasteiger partial charge in [-0.15, -0.1) is 0 Å². The number of aryl methyl sites for hydroxylation is 1. The fraction of sp³-hybridized carbons (Fsp3) is 0.650. The van der Waals surface area contributed by atoms with Gasteiger partial charge in [-0.05, 0) is 69.2 Å². The number of anilines is 2. The summed E-state index contributed by atoms with van der Waals surface area (Å²) in [6.45, 7) is 10.5. The fourth-order valence-corrected chi connectivity index (χ4v) is 3.09. The summed E-state index contributed by atoms with van der Waals surface area (Å²) in [5.41, 5.74) is 2.20. The number of amides is 2. The topological polar surface area (TPSA) is 64.6 Å². The van der Waals surface area contributed by atoms with Crippen LogP contribution in [0, 0.1) is 12.8 Å². The summed E-state index contributed by atoms with van der Waals surface area (Å²) in [5, 5.41) is 16.0. The van der Waals surface area contributed by atoms with Crippen molar-refractivity contribution in [3.05, 3.63) is 23.8 Å². The predicted molar refractivity (Wildman–Crippen MR) is 104 cm³/mol. The SMILES string of the molecule is Cc1cc(N2CCCC2)ccc1NC(=O)NCC(C)(O)CCC(C)C. The Labute approximate surface area is 151 Å². The highest BCUT2D eigenvalue weighted by atomic mass is 16.3. The molecule has 0 aromatic heterocycles. The molecule has 5 heteroatoms. The predicted octanol–water partition coefficient (Wildman–Crippen LogP) is 3.90. The van der Waals surface area contributed by atoms with Gasteiger partial charge in [0.25, 0.3) is 0 Å². The molecule has 3 N–H and O–H groups in total. The van der Waals surface area contributed by atoms with E-state index < -0.39 is 5.60 Å². The van der Waals surface area contributed by atoms with Crippen LogP contribution in [0.1, 0.15) is 52.0 Å². The van der Waals surface area contributed by atoms with Gasteiger partial charge in [0, 0.05) is 31.0 Å². The first-order valence-corrected chi connectivity index (χ1v) is 9.40. The first-order chi connectivity index (χ1) is 11.8. The second-order valence-electron chi connectivity index (χ2n) is 7.93. The molecule has 1 heterocycles. The van der Waals surface area contributed by atoms with Crippen LogP contribution in [0.2, 0.25) is 0 Å². The van der Waals surface area contributed by atoms with Gasteiger partial charge in [-0.25, -0.2) is 4.79 Å². The Morgan fingerprint density at radius 2 is 2.00 bits per heavy atom. The van der Waals surface area contributed by atoms with Crippen LogP contribution in [0.4, 0.5) is 16.2 Å². The summed E-state index contributed by atoms with van der Waals surface area (Å²) in [6.07, 6.45) is 4.11. The maximum Gasteiger partial charge on any atom is 0.319 e. The molecule has 2 rings (SSSR count). The van der Waals surface area contributed by atoms with Gasteiger partial charge in [-0.2, -0.15) is 0 Å². The molecule has 1 fully saturated rings. The van der Waals surface area contributed by atoms with E-state index in [1.54, 1.807) is 6.92 Å². The van der Waals surface area contributed by atoms with Crippen LogP contribution in [-0.2, 0) is 0 Å². The number of urea groups is 1. The molecule has 0 spiro atoms. The van der Waals surface area contributed by atoms with E-state index >= 15 is 0 Å². The molecule has 1 aromatic rings. The minimum absolute atomic E-state index is 0.246. The van der Waals surface area contributed by atoms with Crippen LogP contribution in [0.5, 0.6) is 0 Å². The number of aliphatic hydroxyl groups is 1.